The highest BCUT2D eigenvalue weighted by atomic mass is 16.6. The molecule has 1 aliphatic carbocycles. The summed E-state index contributed by atoms with van der Waals surface area (Å²) in [6.07, 6.45) is 6.03. The largest absolute Gasteiger partial charge is 0.399 e. The first kappa shape index (κ1) is 19.5. The molecule has 29 heavy (non-hydrogen) atoms. The molecule has 1 unspecified atom stereocenters. The van der Waals surface area contributed by atoms with Crippen LogP contribution in [-0.2, 0) is 17.8 Å². The topological polar surface area (TPSA) is 78.4 Å². The van der Waals surface area contributed by atoms with E-state index in [1.165, 1.54) is 11.3 Å². The summed E-state index contributed by atoms with van der Waals surface area (Å²) in [4.78, 5) is 17.8. The first-order valence-corrected chi connectivity index (χ1v) is 10.2. The number of nitrogens with one attached hydrogen (secondary N) is 2. The fourth-order valence-electron chi connectivity index (χ4n) is 3.99. The van der Waals surface area contributed by atoms with Crippen molar-refractivity contribution >= 4 is 16.7 Å². The molecule has 0 amide bonds. The molecule has 2 aromatic heterocycles. The van der Waals surface area contributed by atoms with Crippen LogP contribution in [0.25, 0.3) is 11.0 Å². The van der Waals surface area contributed by atoms with Gasteiger partial charge in [-0.1, -0.05) is 23.4 Å². The average molecular weight is 393 g/mol. The number of fused-ring (bicyclic) bond motifs is 2. The van der Waals surface area contributed by atoms with Crippen LogP contribution in [0.2, 0.25) is 0 Å². The molecule has 7 nitrogen and oxygen atoms in total. The first-order chi connectivity index (χ1) is 14.2. The van der Waals surface area contributed by atoms with Gasteiger partial charge in [-0.2, -0.15) is 0 Å². The third kappa shape index (κ3) is 4.63. The molecule has 3 aromatic rings. The number of aromatic nitrogens is 3. The van der Waals surface area contributed by atoms with E-state index in [9.17, 15) is 0 Å². The molecule has 0 spiro atoms. The summed E-state index contributed by atoms with van der Waals surface area (Å²) in [5, 5.41) is 6.29. The number of pyridine rings is 1. The Hall–Kier alpha value is -2.77. The van der Waals surface area contributed by atoms with Gasteiger partial charge in [-0.05, 0) is 49.9 Å². The van der Waals surface area contributed by atoms with Gasteiger partial charge in [0, 0.05) is 19.2 Å². The van der Waals surface area contributed by atoms with Crippen LogP contribution in [0, 0.1) is 0 Å². The molecular formula is C22H28N6O. The minimum Gasteiger partial charge on any atom is -0.399 e. The number of hydrogen-bond acceptors (Lipinski definition) is 6. The van der Waals surface area contributed by atoms with Crippen LogP contribution in [0.5, 0.6) is 0 Å². The Morgan fingerprint density at radius 2 is 2.21 bits per heavy atom. The van der Waals surface area contributed by atoms with E-state index >= 15 is 0 Å². The van der Waals surface area contributed by atoms with Crippen molar-refractivity contribution in [2.45, 2.75) is 45.2 Å². The number of benzene rings is 1. The summed E-state index contributed by atoms with van der Waals surface area (Å²) in [5.74, 6) is 0.948. The third-order valence-corrected chi connectivity index (χ3v) is 5.35. The Bertz CT molecular complexity index is 949. The van der Waals surface area contributed by atoms with Crippen LogP contribution >= 0.6 is 0 Å². The summed E-state index contributed by atoms with van der Waals surface area (Å²) in [6, 6.07) is 12.6. The van der Waals surface area contributed by atoms with Gasteiger partial charge in [0.1, 0.15) is 12.9 Å². The Morgan fingerprint density at radius 1 is 1.31 bits per heavy atom. The SMILES string of the molecule is CON=C(C)CCNN(Cc1nc2ccccc2[nH]1)C1CCCc2cccnc21. The molecular weight excluding hydrogens is 364 g/mol. The van der Waals surface area contributed by atoms with Gasteiger partial charge in [0.15, 0.2) is 0 Å². The molecule has 0 saturated carbocycles. The van der Waals surface area contributed by atoms with Crippen molar-refractivity contribution < 1.29 is 4.84 Å². The molecule has 2 heterocycles. The standard InChI is InChI=1S/C22H28N6O/c1-16(27-29-2)12-14-24-28(15-21-25-18-9-3-4-10-19(18)26-21)20-11-5-7-17-8-6-13-23-22(17)20/h3-4,6,8-10,13,20,24H,5,7,11-12,14-15H2,1-2H3,(H,25,26). The van der Waals surface area contributed by atoms with Gasteiger partial charge in [0.25, 0.3) is 0 Å². The summed E-state index contributed by atoms with van der Waals surface area (Å²) < 4.78 is 0. The lowest BCUT2D eigenvalue weighted by atomic mass is 9.91. The van der Waals surface area contributed by atoms with E-state index in [0.29, 0.717) is 6.54 Å². The van der Waals surface area contributed by atoms with E-state index in [1.807, 2.05) is 37.4 Å². The number of aryl methyl sites for hydroxylation is 1. The van der Waals surface area contributed by atoms with Crippen LogP contribution in [-0.4, -0.2) is 39.3 Å². The quantitative estimate of drug-likeness (QED) is 0.451. The molecule has 1 atom stereocenters. The second-order valence-corrected chi connectivity index (χ2v) is 7.45. The summed E-state index contributed by atoms with van der Waals surface area (Å²) in [7, 11) is 1.58. The molecule has 1 aliphatic rings. The molecule has 0 fully saturated rings. The Labute approximate surface area is 171 Å². The van der Waals surface area contributed by atoms with E-state index in [1.54, 1.807) is 7.11 Å². The van der Waals surface area contributed by atoms with Crippen molar-refractivity contribution in [3.05, 3.63) is 59.7 Å². The number of imidazole rings is 1. The van der Waals surface area contributed by atoms with Crippen molar-refractivity contribution in [3.8, 4) is 0 Å². The number of H-pyrrole nitrogens is 1. The molecule has 0 aliphatic heterocycles. The summed E-state index contributed by atoms with van der Waals surface area (Å²) in [6.45, 7) is 3.43. The molecule has 2 N–H and O–H groups in total. The smallest absolute Gasteiger partial charge is 0.122 e. The van der Waals surface area contributed by atoms with Crippen molar-refractivity contribution in [3.63, 3.8) is 0 Å². The molecule has 1 aromatic carbocycles. The Balaban J connectivity index is 1.56. The van der Waals surface area contributed by atoms with E-state index in [-0.39, 0.29) is 6.04 Å². The minimum atomic E-state index is 0.216. The maximum absolute atomic E-state index is 4.87. The van der Waals surface area contributed by atoms with Crippen molar-refractivity contribution in [1.29, 1.82) is 0 Å². The van der Waals surface area contributed by atoms with Gasteiger partial charge in [-0.3, -0.25) is 10.4 Å². The number of nitrogens with zero attached hydrogens (tertiary/aromatic N) is 4. The lowest BCUT2D eigenvalue weighted by molar-refractivity contribution is 0.0961. The average Bonchev–Trinajstić information content (AvgIpc) is 3.15. The van der Waals surface area contributed by atoms with Gasteiger partial charge in [-0.25, -0.2) is 9.99 Å². The Kier molecular flexibility index (Phi) is 6.17. The van der Waals surface area contributed by atoms with Gasteiger partial charge in [-0.15, -0.1) is 0 Å². The highest BCUT2D eigenvalue weighted by Crippen LogP contribution is 2.32. The number of hydrazine groups is 1. The van der Waals surface area contributed by atoms with Crippen molar-refractivity contribution in [2.75, 3.05) is 13.7 Å². The molecule has 0 saturated heterocycles. The van der Waals surface area contributed by atoms with Crippen LogP contribution in [0.1, 0.15) is 49.3 Å². The second-order valence-electron chi connectivity index (χ2n) is 7.45. The highest BCUT2D eigenvalue weighted by molar-refractivity contribution is 5.81. The van der Waals surface area contributed by atoms with Crippen LogP contribution in [0.4, 0.5) is 0 Å². The Morgan fingerprint density at radius 3 is 3.07 bits per heavy atom. The maximum Gasteiger partial charge on any atom is 0.122 e. The van der Waals surface area contributed by atoms with E-state index in [0.717, 1.165) is 54.8 Å². The lowest BCUT2D eigenvalue weighted by Gasteiger charge is -2.34. The normalized spacial score (nSPS) is 16.9. The second kappa shape index (κ2) is 9.15. The van der Waals surface area contributed by atoms with E-state index in [2.05, 4.69) is 32.7 Å². The molecule has 4 rings (SSSR count). The van der Waals surface area contributed by atoms with Crippen LogP contribution < -0.4 is 5.43 Å². The van der Waals surface area contributed by atoms with E-state index in [4.69, 9.17) is 14.8 Å². The maximum atomic E-state index is 4.87. The number of para-hydroxylation sites is 2. The highest BCUT2D eigenvalue weighted by Gasteiger charge is 2.28. The number of aromatic amines is 1. The minimum absolute atomic E-state index is 0.216. The zero-order chi connectivity index (χ0) is 20.1. The fourth-order valence-corrected chi connectivity index (χ4v) is 3.99. The van der Waals surface area contributed by atoms with Crippen LogP contribution in [0.3, 0.4) is 0 Å². The summed E-state index contributed by atoms with van der Waals surface area (Å²) >= 11 is 0. The zero-order valence-corrected chi connectivity index (χ0v) is 17.1. The van der Waals surface area contributed by atoms with Crippen LogP contribution in [0.15, 0.2) is 47.8 Å². The van der Waals surface area contributed by atoms with Crippen molar-refractivity contribution in [2.24, 2.45) is 5.16 Å². The predicted octanol–water partition coefficient (Wildman–Crippen LogP) is 3.75. The van der Waals surface area contributed by atoms with Gasteiger partial charge in [0.05, 0.1) is 35.0 Å². The van der Waals surface area contributed by atoms with Gasteiger partial charge >= 0.3 is 0 Å². The molecule has 0 radical (unpaired) electrons. The number of oxime groups is 1. The van der Waals surface area contributed by atoms with Gasteiger partial charge in [0.2, 0.25) is 0 Å². The predicted molar refractivity (Wildman–Crippen MR) is 114 cm³/mol. The lowest BCUT2D eigenvalue weighted by Crippen LogP contribution is -2.43. The van der Waals surface area contributed by atoms with Crippen molar-refractivity contribution in [1.82, 2.24) is 25.4 Å². The molecule has 7 heteroatoms. The first-order valence-electron chi connectivity index (χ1n) is 10.2. The molecule has 152 valence electrons. The zero-order valence-electron chi connectivity index (χ0n) is 17.1. The number of hydrogen-bond donors (Lipinski definition) is 2. The van der Waals surface area contributed by atoms with E-state index < -0.39 is 0 Å². The van der Waals surface area contributed by atoms with Gasteiger partial charge < -0.3 is 9.82 Å². The third-order valence-electron chi connectivity index (χ3n) is 5.35. The number of rotatable bonds is 8. The monoisotopic (exact) mass is 392 g/mol. The summed E-state index contributed by atoms with van der Waals surface area (Å²) in [5.41, 5.74) is 9.14. The molecule has 0 bridgehead atoms. The fraction of sp³-hybridized carbons (Fsp3) is 0.409.